The third-order valence-electron chi connectivity index (χ3n) is 8.07. The first-order valence-corrected chi connectivity index (χ1v) is 15.4. The minimum atomic E-state index is -1.07. The number of hydrogen-bond donors (Lipinski definition) is 1. The summed E-state index contributed by atoms with van der Waals surface area (Å²) in [6, 6.07) is 12.7. The Hall–Kier alpha value is -4.62. The van der Waals surface area contributed by atoms with E-state index >= 15 is 0 Å². The summed E-state index contributed by atoms with van der Waals surface area (Å²) in [5.41, 5.74) is 7.69. The Morgan fingerprint density at radius 1 is 1.04 bits per heavy atom. The molecule has 5 rings (SSSR count). The van der Waals surface area contributed by atoms with Crippen molar-refractivity contribution < 1.29 is 37.9 Å². The molecule has 1 aromatic heterocycles. The van der Waals surface area contributed by atoms with Gasteiger partial charge in [0.25, 0.3) is 11.8 Å². The van der Waals surface area contributed by atoms with Gasteiger partial charge in [0, 0.05) is 13.0 Å². The van der Waals surface area contributed by atoms with Gasteiger partial charge in [0.1, 0.15) is 6.61 Å². The average molecular weight is 634 g/mol. The fourth-order valence-electron chi connectivity index (χ4n) is 5.52. The molecule has 1 fully saturated rings. The summed E-state index contributed by atoms with van der Waals surface area (Å²) in [4.78, 5) is 60.1. The van der Waals surface area contributed by atoms with Crippen LogP contribution in [0, 0.1) is 11.8 Å². The first-order chi connectivity index (χ1) is 22.1. The van der Waals surface area contributed by atoms with Crippen LogP contribution in [0.3, 0.4) is 0 Å². The number of imide groups is 3. The van der Waals surface area contributed by atoms with Crippen LogP contribution in [0.4, 0.5) is 4.79 Å². The van der Waals surface area contributed by atoms with E-state index < -0.39 is 30.0 Å². The van der Waals surface area contributed by atoms with Crippen LogP contribution in [0.2, 0.25) is 0 Å². The number of benzene rings is 2. The lowest BCUT2D eigenvalue weighted by Gasteiger charge is -2.30. The zero-order chi connectivity index (χ0) is 32.8. The van der Waals surface area contributed by atoms with E-state index in [9.17, 15) is 19.2 Å². The fraction of sp³-hybridized carbons (Fsp3) is 0.455. The maximum atomic E-state index is 13.8. The van der Waals surface area contributed by atoms with Crippen LogP contribution < -0.4 is 15.2 Å². The molecule has 13 heteroatoms. The summed E-state index contributed by atoms with van der Waals surface area (Å²) in [6.45, 7) is 6.38. The lowest BCUT2D eigenvalue weighted by molar-refractivity contribution is -0.146. The Morgan fingerprint density at radius 2 is 1.80 bits per heavy atom. The first-order valence-electron chi connectivity index (χ1n) is 15.4. The molecule has 0 bridgehead atoms. The molecule has 1 saturated heterocycles. The number of nitrogens with zero attached hydrogens (tertiary/aromatic N) is 4. The van der Waals surface area contributed by atoms with Gasteiger partial charge in [-0.3, -0.25) is 19.3 Å². The molecule has 3 aromatic rings. The highest BCUT2D eigenvalue weighted by Crippen LogP contribution is 2.33. The van der Waals surface area contributed by atoms with Crippen LogP contribution in [0.25, 0.3) is 0 Å². The quantitative estimate of drug-likeness (QED) is 0.287. The number of hydrogen-bond acceptors (Lipinski definition) is 12. The van der Waals surface area contributed by atoms with Crippen LogP contribution in [0.15, 0.2) is 53.1 Å². The van der Waals surface area contributed by atoms with E-state index in [-0.39, 0.29) is 43.3 Å². The Bertz CT molecular complexity index is 1560. The highest BCUT2D eigenvalue weighted by molar-refractivity contribution is 6.12. The lowest BCUT2D eigenvalue weighted by atomic mass is 10.0. The second-order valence-electron chi connectivity index (χ2n) is 12.1. The van der Waals surface area contributed by atoms with Crippen molar-refractivity contribution in [2.45, 2.75) is 65.1 Å². The number of likely N-dealkylation sites (tertiary alicyclic amines) is 1. The second-order valence-corrected chi connectivity index (χ2v) is 12.1. The number of fused-ring (bicyclic) bond motifs is 1. The molecule has 0 saturated carbocycles. The predicted octanol–water partition coefficient (Wildman–Crippen LogP) is 3.74. The summed E-state index contributed by atoms with van der Waals surface area (Å²) >= 11 is 0. The van der Waals surface area contributed by atoms with Gasteiger partial charge in [0.2, 0.25) is 24.3 Å². The van der Waals surface area contributed by atoms with E-state index in [0.29, 0.717) is 60.2 Å². The molecule has 0 aliphatic carbocycles. The number of nitrogens with two attached hydrogens (primary N) is 1. The first kappa shape index (κ1) is 32.8. The van der Waals surface area contributed by atoms with Gasteiger partial charge in [0.15, 0.2) is 11.5 Å². The number of ether oxygens (including phenoxy) is 3. The number of carbonyl (C=O) groups is 4. The van der Waals surface area contributed by atoms with Crippen LogP contribution in [-0.2, 0) is 27.4 Å². The van der Waals surface area contributed by atoms with Crippen molar-refractivity contribution in [1.82, 2.24) is 19.9 Å². The minimum absolute atomic E-state index is 0.0164. The molecule has 2 aliphatic heterocycles. The Balaban J connectivity index is 1.20. The van der Waals surface area contributed by atoms with E-state index in [1.165, 1.54) is 0 Å². The minimum Gasteiger partial charge on any atom is -0.454 e. The standard InChI is InChI=1S/C33H39N5O8/c1-20(2)29(34)32(41)38(33(42)43-18-22-8-5-4-6-9-22)31(40)24-10-7-13-37(24)17-21(3)14-25(39)30-35-28(46-36-30)16-23-11-12-26-27(15-23)45-19-44-26/h4-6,8-9,11-12,15,20-21,24,29H,7,10,13-14,16-19,34H2,1-3H3/t21-,24-,29-/m0/s1. The third kappa shape index (κ3) is 7.77. The molecule has 13 nitrogen and oxygen atoms in total. The van der Waals surface area contributed by atoms with Gasteiger partial charge in [-0.2, -0.15) is 9.88 Å². The molecule has 3 amide bonds. The maximum absolute atomic E-state index is 13.8. The SMILES string of the molecule is CC(C)[C@H](N)C(=O)N(C(=O)OCc1ccccc1)C(=O)[C@@H]1CCCN1C[C@@H](C)CC(=O)c1noc(Cc2ccc3c(c2)OCO3)n1. The van der Waals surface area contributed by atoms with Crippen LogP contribution in [0.5, 0.6) is 11.5 Å². The van der Waals surface area contributed by atoms with Crippen molar-refractivity contribution in [2.24, 2.45) is 17.6 Å². The van der Waals surface area contributed by atoms with Crippen molar-refractivity contribution in [1.29, 1.82) is 0 Å². The van der Waals surface area contributed by atoms with Crippen LogP contribution in [-0.4, -0.2) is 75.6 Å². The maximum Gasteiger partial charge on any atom is 0.423 e. The number of aromatic nitrogens is 2. The second kappa shape index (κ2) is 14.6. The summed E-state index contributed by atoms with van der Waals surface area (Å²) < 4.78 is 21.5. The highest BCUT2D eigenvalue weighted by Gasteiger charge is 2.42. The molecule has 3 atom stereocenters. The molecule has 2 N–H and O–H groups in total. The van der Waals surface area contributed by atoms with Crippen molar-refractivity contribution in [2.75, 3.05) is 19.9 Å². The zero-order valence-electron chi connectivity index (χ0n) is 26.2. The van der Waals surface area contributed by atoms with Crippen molar-refractivity contribution >= 4 is 23.7 Å². The highest BCUT2D eigenvalue weighted by atomic mass is 16.7. The van der Waals surface area contributed by atoms with E-state index in [4.69, 9.17) is 24.5 Å². The van der Waals surface area contributed by atoms with Crippen LogP contribution >= 0.6 is 0 Å². The van der Waals surface area contributed by atoms with Gasteiger partial charge in [-0.1, -0.05) is 62.3 Å². The molecule has 46 heavy (non-hydrogen) atoms. The Labute approximate surface area is 266 Å². The topological polar surface area (TPSA) is 167 Å². The average Bonchev–Trinajstić information content (AvgIpc) is 3.81. The summed E-state index contributed by atoms with van der Waals surface area (Å²) in [5.74, 6) is -0.687. The molecule has 0 spiro atoms. The Kier molecular flexibility index (Phi) is 10.4. The summed E-state index contributed by atoms with van der Waals surface area (Å²) in [5, 5.41) is 3.88. The third-order valence-corrected chi connectivity index (χ3v) is 8.07. The number of rotatable bonds is 12. The predicted molar refractivity (Wildman–Crippen MR) is 164 cm³/mol. The van der Waals surface area contributed by atoms with Gasteiger partial charge in [-0.15, -0.1) is 0 Å². The van der Waals surface area contributed by atoms with Crippen molar-refractivity contribution in [3.63, 3.8) is 0 Å². The molecular weight excluding hydrogens is 594 g/mol. The lowest BCUT2D eigenvalue weighted by Crippen LogP contribution is -2.56. The van der Waals surface area contributed by atoms with Crippen LogP contribution in [0.1, 0.15) is 67.7 Å². The Morgan fingerprint density at radius 3 is 2.57 bits per heavy atom. The van der Waals surface area contributed by atoms with Gasteiger partial charge in [-0.25, -0.2) is 4.79 Å². The van der Waals surface area contributed by atoms with E-state index in [0.717, 1.165) is 5.56 Å². The smallest absolute Gasteiger partial charge is 0.423 e. The number of carbonyl (C=O) groups excluding carboxylic acids is 4. The summed E-state index contributed by atoms with van der Waals surface area (Å²) in [7, 11) is 0. The fourth-order valence-corrected chi connectivity index (χ4v) is 5.52. The van der Waals surface area contributed by atoms with Crippen molar-refractivity contribution in [3.8, 4) is 11.5 Å². The van der Waals surface area contributed by atoms with E-state index in [1.807, 2.05) is 30.0 Å². The van der Waals surface area contributed by atoms with E-state index in [2.05, 4.69) is 10.1 Å². The number of amides is 3. The number of Topliss-reactive ketones (excluding diaryl/α,β-unsaturated/α-hetero) is 1. The molecule has 3 heterocycles. The van der Waals surface area contributed by atoms with Gasteiger partial charge in [0.05, 0.1) is 18.5 Å². The molecule has 2 aromatic carbocycles. The van der Waals surface area contributed by atoms with Crippen molar-refractivity contribution in [3.05, 3.63) is 71.4 Å². The molecule has 244 valence electrons. The monoisotopic (exact) mass is 633 g/mol. The molecule has 2 aliphatic rings. The molecular formula is C33H39N5O8. The van der Waals surface area contributed by atoms with Gasteiger partial charge in [-0.05, 0) is 54.5 Å². The summed E-state index contributed by atoms with van der Waals surface area (Å²) in [6.07, 6.45) is 0.509. The zero-order valence-corrected chi connectivity index (χ0v) is 26.2. The number of ketones is 1. The molecule has 0 radical (unpaired) electrons. The molecule has 0 unspecified atom stereocenters. The van der Waals surface area contributed by atoms with E-state index in [1.54, 1.807) is 44.2 Å². The largest absolute Gasteiger partial charge is 0.454 e. The normalized spacial score (nSPS) is 17.1. The van der Waals surface area contributed by atoms with Gasteiger partial charge < -0.3 is 24.5 Å². The van der Waals surface area contributed by atoms with Gasteiger partial charge >= 0.3 is 6.09 Å².